The topological polar surface area (TPSA) is 46.7 Å². The first-order chi connectivity index (χ1) is 6.63. The zero-order valence-electron chi connectivity index (χ0n) is 7.16. The van der Waals surface area contributed by atoms with E-state index in [1.165, 1.54) is 4.40 Å². The Morgan fingerprint density at radius 1 is 1.64 bits per heavy atom. The quantitative estimate of drug-likeness (QED) is 0.684. The van der Waals surface area contributed by atoms with Gasteiger partial charge in [0.1, 0.15) is 5.82 Å². The van der Waals surface area contributed by atoms with Gasteiger partial charge in [0.2, 0.25) is 5.82 Å². The van der Waals surface area contributed by atoms with Gasteiger partial charge in [-0.1, -0.05) is 11.6 Å². The van der Waals surface area contributed by atoms with Gasteiger partial charge in [0.25, 0.3) is 0 Å². The number of hydrogen-bond donors (Lipinski definition) is 0. The Kier molecular flexibility index (Phi) is 1.96. The van der Waals surface area contributed by atoms with Gasteiger partial charge in [0.15, 0.2) is 5.65 Å². The van der Waals surface area contributed by atoms with Gasteiger partial charge in [0, 0.05) is 6.20 Å². The fourth-order valence-electron chi connectivity index (χ4n) is 1.28. The summed E-state index contributed by atoms with van der Waals surface area (Å²) in [5, 5.41) is 2.92. The van der Waals surface area contributed by atoms with Crippen LogP contribution in [0.25, 0.3) is 5.65 Å². The van der Waals surface area contributed by atoms with Gasteiger partial charge >= 0.3 is 0 Å². The molecule has 2 aromatic rings. The number of hydrogen-bond acceptors (Lipinski definition) is 3. The van der Waals surface area contributed by atoms with Crippen molar-refractivity contribution in [2.75, 3.05) is 0 Å². The maximum Gasteiger partial charge on any atom is 0.204 e. The van der Waals surface area contributed by atoms with E-state index in [9.17, 15) is 9.30 Å². The number of nitroso groups, excluding NO2 is 1. The van der Waals surface area contributed by atoms with E-state index in [-0.39, 0.29) is 10.8 Å². The molecule has 0 unspecified atom stereocenters. The minimum atomic E-state index is -0.537. The lowest BCUT2D eigenvalue weighted by Crippen LogP contribution is -1.87. The van der Waals surface area contributed by atoms with Crippen molar-refractivity contribution < 1.29 is 4.39 Å². The van der Waals surface area contributed by atoms with Gasteiger partial charge in [-0.3, -0.25) is 4.40 Å². The minimum absolute atomic E-state index is 0.0707. The summed E-state index contributed by atoms with van der Waals surface area (Å²) in [6.07, 6.45) is 1.12. The van der Waals surface area contributed by atoms with Crippen LogP contribution in [0.1, 0.15) is 5.69 Å². The minimum Gasteiger partial charge on any atom is -0.277 e. The van der Waals surface area contributed by atoms with Crippen molar-refractivity contribution in [3.05, 3.63) is 33.7 Å². The fraction of sp³-hybridized carbons (Fsp3) is 0.125. The van der Waals surface area contributed by atoms with Gasteiger partial charge < -0.3 is 0 Å². The first-order valence-corrected chi connectivity index (χ1v) is 4.18. The highest BCUT2D eigenvalue weighted by atomic mass is 35.5. The fourth-order valence-corrected chi connectivity index (χ4v) is 1.52. The average Bonchev–Trinajstić information content (AvgIpc) is 2.41. The van der Waals surface area contributed by atoms with Crippen LogP contribution >= 0.6 is 11.6 Å². The Labute approximate surface area is 83.3 Å². The van der Waals surface area contributed by atoms with Crippen LogP contribution < -0.4 is 0 Å². The zero-order chi connectivity index (χ0) is 10.3. The molecular formula is C8H5ClFN3O. The third-order valence-corrected chi connectivity index (χ3v) is 2.15. The molecule has 0 aliphatic rings. The molecule has 0 atom stereocenters. The molecule has 0 aromatic carbocycles. The van der Waals surface area contributed by atoms with Crippen molar-refractivity contribution in [2.45, 2.75) is 6.92 Å². The lowest BCUT2D eigenvalue weighted by molar-refractivity contribution is 0.619. The third kappa shape index (κ3) is 1.17. The number of pyridine rings is 1. The maximum atomic E-state index is 12.9. The average molecular weight is 214 g/mol. The predicted octanol–water partition coefficient (Wildman–Crippen LogP) is 2.83. The summed E-state index contributed by atoms with van der Waals surface area (Å²) in [5.74, 6) is -0.466. The van der Waals surface area contributed by atoms with Crippen molar-refractivity contribution >= 4 is 23.1 Å². The Morgan fingerprint density at radius 3 is 3.00 bits per heavy atom. The van der Waals surface area contributed by atoms with Crippen LogP contribution in [-0.4, -0.2) is 9.38 Å². The molecule has 6 heteroatoms. The molecule has 72 valence electrons. The molecule has 0 radical (unpaired) electrons. The Morgan fingerprint density at radius 2 is 2.36 bits per heavy atom. The number of halogens is 2. The second kappa shape index (κ2) is 3.02. The smallest absolute Gasteiger partial charge is 0.204 e. The summed E-state index contributed by atoms with van der Waals surface area (Å²) in [7, 11) is 0. The summed E-state index contributed by atoms with van der Waals surface area (Å²) in [5.41, 5.74) is 0.757. The molecule has 0 aliphatic carbocycles. The van der Waals surface area contributed by atoms with E-state index in [1.54, 1.807) is 6.92 Å². The van der Waals surface area contributed by atoms with Gasteiger partial charge in [0.05, 0.1) is 10.7 Å². The molecule has 0 fully saturated rings. The highest BCUT2D eigenvalue weighted by molar-refractivity contribution is 6.33. The highest BCUT2D eigenvalue weighted by Crippen LogP contribution is 2.25. The van der Waals surface area contributed by atoms with Crippen molar-refractivity contribution in [1.82, 2.24) is 9.38 Å². The van der Waals surface area contributed by atoms with Crippen LogP contribution in [-0.2, 0) is 0 Å². The van der Waals surface area contributed by atoms with Gasteiger partial charge in [-0.25, -0.2) is 9.37 Å². The van der Waals surface area contributed by atoms with Gasteiger partial charge in [-0.15, -0.1) is 4.91 Å². The second-order valence-electron chi connectivity index (χ2n) is 2.81. The van der Waals surface area contributed by atoms with E-state index >= 15 is 0 Å². The summed E-state index contributed by atoms with van der Waals surface area (Å²) >= 11 is 5.74. The first-order valence-electron chi connectivity index (χ1n) is 3.80. The number of imidazole rings is 1. The van der Waals surface area contributed by atoms with Crippen LogP contribution in [0.4, 0.5) is 10.2 Å². The van der Waals surface area contributed by atoms with E-state index in [1.807, 2.05) is 0 Å². The van der Waals surface area contributed by atoms with E-state index in [4.69, 9.17) is 11.6 Å². The normalized spacial score (nSPS) is 10.8. The first kappa shape index (κ1) is 9.08. The molecule has 14 heavy (non-hydrogen) atoms. The van der Waals surface area contributed by atoms with Crippen LogP contribution in [0.2, 0.25) is 5.02 Å². The predicted molar refractivity (Wildman–Crippen MR) is 50.4 cm³/mol. The lowest BCUT2D eigenvalue weighted by Gasteiger charge is -1.96. The summed E-state index contributed by atoms with van der Waals surface area (Å²) in [6.45, 7) is 1.61. The number of nitrogens with zero attached hydrogens (tertiary/aromatic N) is 3. The van der Waals surface area contributed by atoms with Gasteiger partial charge in [-0.05, 0) is 18.2 Å². The summed E-state index contributed by atoms with van der Waals surface area (Å²) < 4.78 is 14.2. The highest BCUT2D eigenvalue weighted by Gasteiger charge is 2.12. The molecule has 0 N–H and O–H groups in total. The molecule has 4 nitrogen and oxygen atoms in total. The molecule has 0 amide bonds. The van der Waals surface area contributed by atoms with Crippen molar-refractivity contribution in [3.63, 3.8) is 0 Å². The Hall–Kier alpha value is -1.49. The molecule has 0 saturated carbocycles. The van der Waals surface area contributed by atoms with Crippen LogP contribution in [0.15, 0.2) is 17.4 Å². The van der Waals surface area contributed by atoms with Crippen molar-refractivity contribution in [2.24, 2.45) is 5.18 Å². The molecule has 2 rings (SSSR count). The maximum absolute atomic E-state index is 12.9. The summed E-state index contributed by atoms with van der Waals surface area (Å²) in [4.78, 5) is 14.4. The molecule has 2 aromatic heterocycles. The molecular weight excluding hydrogens is 209 g/mol. The number of fused-ring (bicyclic) bond motifs is 1. The Balaban J connectivity index is 2.94. The van der Waals surface area contributed by atoms with Gasteiger partial charge in [-0.2, -0.15) is 0 Å². The molecule has 0 spiro atoms. The summed E-state index contributed by atoms with van der Waals surface area (Å²) in [6, 6.07) is 1.14. The molecule has 0 aliphatic heterocycles. The SMILES string of the molecule is Cc1nc2c(Cl)cc(F)cn2c1N=O. The van der Waals surface area contributed by atoms with E-state index in [0.29, 0.717) is 11.3 Å². The van der Waals surface area contributed by atoms with Crippen LogP contribution in [0.5, 0.6) is 0 Å². The van der Waals surface area contributed by atoms with E-state index < -0.39 is 5.82 Å². The molecule has 0 bridgehead atoms. The van der Waals surface area contributed by atoms with Crippen molar-refractivity contribution in [3.8, 4) is 0 Å². The second-order valence-corrected chi connectivity index (χ2v) is 3.22. The Bertz CT molecular complexity index is 523. The number of rotatable bonds is 1. The largest absolute Gasteiger partial charge is 0.277 e. The third-order valence-electron chi connectivity index (χ3n) is 1.87. The standard InChI is InChI=1S/C8H5ClFN3O/c1-4-7(12-14)13-3-5(10)2-6(9)8(13)11-4/h2-3H,1H3. The molecule has 0 saturated heterocycles. The number of aromatic nitrogens is 2. The monoisotopic (exact) mass is 213 g/mol. The van der Waals surface area contributed by atoms with E-state index in [2.05, 4.69) is 10.2 Å². The number of aryl methyl sites for hydroxylation is 1. The zero-order valence-corrected chi connectivity index (χ0v) is 7.92. The lowest BCUT2D eigenvalue weighted by atomic mass is 10.4. The van der Waals surface area contributed by atoms with Crippen LogP contribution in [0, 0.1) is 17.6 Å². The van der Waals surface area contributed by atoms with Crippen molar-refractivity contribution in [1.29, 1.82) is 0 Å². The molecule has 2 heterocycles. The van der Waals surface area contributed by atoms with Crippen LogP contribution in [0.3, 0.4) is 0 Å². The van der Waals surface area contributed by atoms with E-state index in [0.717, 1.165) is 12.3 Å².